The van der Waals surface area contributed by atoms with Gasteiger partial charge in [0.15, 0.2) is 11.6 Å². The molecule has 20 heavy (non-hydrogen) atoms. The molecule has 1 aromatic rings. The van der Waals surface area contributed by atoms with Gasteiger partial charge in [-0.1, -0.05) is 6.07 Å². The van der Waals surface area contributed by atoms with Crippen molar-refractivity contribution in [1.29, 1.82) is 0 Å². The van der Waals surface area contributed by atoms with Gasteiger partial charge in [-0.15, -0.1) is 0 Å². The molecule has 0 saturated heterocycles. The van der Waals surface area contributed by atoms with Crippen molar-refractivity contribution in [3.05, 3.63) is 29.6 Å². The molecule has 0 heterocycles. The third-order valence-electron chi connectivity index (χ3n) is 2.58. The van der Waals surface area contributed by atoms with Gasteiger partial charge >= 0.3 is 0 Å². The second-order valence-corrected chi connectivity index (χ2v) is 4.35. The molecule has 0 spiro atoms. The molecule has 0 aliphatic rings. The van der Waals surface area contributed by atoms with Gasteiger partial charge in [0.2, 0.25) is 0 Å². The lowest BCUT2D eigenvalue weighted by Crippen LogP contribution is -2.10. The Morgan fingerprint density at radius 1 is 0.950 bits per heavy atom. The van der Waals surface area contributed by atoms with E-state index in [0.717, 1.165) is 12.0 Å². The Labute approximate surface area is 119 Å². The van der Waals surface area contributed by atoms with Crippen LogP contribution in [-0.2, 0) is 14.2 Å². The second-order valence-electron chi connectivity index (χ2n) is 4.35. The number of ether oxygens (including phenoxy) is 4. The van der Waals surface area contributed by atoms with E-state index in [4.69, 9.17) is 18.9 Å². The molecule has 0 aromatic heterocycles. The first-order valence-electron chi connectivity index (χ1n) is 6.77. The van der Waals surface area contributed by atoms with Crippen LogP contribution >= 0.6 is 0 Å². The predicted octanol–water partition coefficient (Wildman–Crippen LogP) is 2.58. The molecule has 0 N–H and O–H groups in total. The molecule has 4 nitrogen and oxygen atoms in total. The van der Waals surface area contributed by atoms with Crippen molar-refractivity contribution in [2.24, 2.45) is 0 Å². The maximum Gasteiger partial charge on any atom is 0.165 e. The Bertz CT molecular complexity index is 371. The van der Waals surface area contributed by atoms with Crippen molar-refractivity contribution in [2.75, 3.05) is 46.8 Å². The van der Waals surface area contributed by atoms with Crippen molar-refractivity contribution in [3.63, 3.8) is 0 Å². The fraction of sp³-hybridized carbons (Fsp3) is 0.600. The van der Waals surface area contributed by atoms with Gasteiger partial charge in [0.1, 0.15) is 6.61 Å². The fourth-order valence-corrected chi connectivity index (χ4v) is 1.54. The Morgan fingerprint density at radius 2 is 1.65 bits per heavy atom. The lowest BCUT2D eigenvalue weighted by Gasteiger charge is -2.08. The van der Waals surface area contributed by atoms with Crippen LogP contribution in [-0.4, -0.2) is 46.8 Å². The second kappa shape index (κ2) is 10.6. The largest absolute Gasteiger partial charge is 0.488 e. The van der Waals surface area contributed by atoms with Crippen LogP contribution in [0.5, 0.6) is 5.75 Å². The predicted molar refractivity (Wildman–Crippen MR) is 74.8 cm³/mol. The maximum absolute atomic E-state index is 13.4. The zero-order valence-electron chi connectivity index (χ0n) is 12.2. The van der Waals surface area contributed by atoms with E-state index < -0.39 is 0 Å². The van der Waals surface area contributed by atoms with E-state index in [9.17, 15) is 4.39 Å². The standard InChI is InChI=1S/C15H23FO4/c1-13-4-5-15(14(16)12-13)20-11-10-19-7-3-6-18-9-8-17-2/h4-5,12H,3,6-11H2,1-2H3. The van der Waals surface area contributed by atoms with E-state index in [2.05, 4.69) is 0 Å². The van der Waals surface area contributed by atoms with Gasteiger partial charge in [-0.25, -0.2) is 4.39 Å². The number of hydrogen-bond acceptors (Lipinski definition) is 4. The van der Waals surface area contributed by atoms with Crippen LogP contribution in [0.15, 0.2) is 18.2 Å². The molecule has 114 valence electrons. The van der Waals surface area contributed by atoms with E-state index in [-0.39, 0.29) is 11.6 Å². The summed E-state index contributed by atoms with van der Waals surface area (Å²) in [5.74, 6) is -0.0707. The summed E-state index contributed by atoms with van der Waals surface area (Å²) in [6.07, 6.45) is 0.822. The van der Waals surface area contributed by atoms with Crippen LogP contribution in [0.3, 0.4) is 0 Å². The lowest BCUT2D eigenvalue weighted by atomic mass is 10.2. The van der Waals surface area contributed by atoms with Gasteiger partial charge < -0.3 is 18.9 Å². The highest BCUT2D eigenvalue weighted by atomic mass is 19.1. The molecule has 0 radical (unpaired) electrons. The lowest BCUT2D eigenvalue weighted by molar-refractivity contribution is 0.0456. The molecule has 1 rings (SSSR count). The van der Waals surface area contributed by atoms with Crippen molar-refractivity contribution < 1.29 is 23.3 Å². The number of methoxy groups -OCH3 is 1. The summed E-state index contributed by atoms with van der Waals surface area (Å²) in [6.45, 7) is 5.08. The van der Waals surface area contributed by atoms with Crippen LogP contribution in [0.4, 0.5) is 4.39 Å². The summed E-state index contributed by atoms with van der Waals surface area (Å²) in [7, 11) is 1.64. The summed E-state index contributed by atoms with van der Waals surface area (Å²) < 4.78 is 34.3. The van der Waals surface area contributed by atoms with Gasteiger partial charge in [-0.2, -0.15) is 0 Å². The average Bonchev–Trinajstić information content (AvgIpc) is 2.43. The summed E-state index contributed by atoms with van der Waals surface area (Å²) in [5.41, 5.74) is 0.875. The molecular weight excluding hydrogens is 263 g/mol. The first-order valence-corrected chi connectivity index (χ1v) is 6.77. The minimum Gasteiger partial charge on any atom is -0.488 e. The van der Waals surface area contributed by atoms with E-state index >= 15 is 0 Å². The molecule has 0 aliphatic carbocycles. The molecular formula is C15H23FO4. The van der Waals surface area contributed by atoms with Gasteiger partial charge in [-0.05, 0) is 31.0 Å². The first kappa shape index (κ1) is 16.9. The van der Waals surface area contributed by atoms with Crippen molar-refractivity contribution in [1.82, 2.24) is 0 Å². The monoisotopic (exact) mass is 286 g/mol. The fourth-order valence-electron chi connectivity index (χ4n) is 1.54. The van der Waals surface area contributed by atoms with Gasteiger partial charge in [0.05, 0.1) is 19.8 Å². The maximum atomic E-state index is 13.4. The van der Waals surface area contributed by atoms with E-state index in [0.29, 0.717) is 39.6 Å². The van der Waals surface area contributed by atoms with Crippen molar-refractivity contribution >= 4 is 0 Å². The summed E-state index contributed by atoms with van der Waals surface area (Å²) in [6, 6.07) is 4.90. The topological polar surface area (TPSA) is 36.9 Å². The number of aryl methyl sites for hydroxylation is 1. The van der Waals surface area contributed by atoms with Crippen LogP contribution in [0.1, 0.15) is 12.0 Å². The smallest absolute Gasteiger partial charge is 0.165 e. The highest BCUT2D eigenvalue weighted by molar-refractivity contribution is 5.28. The van der Waals surface area contributed by atoms with Crippen LogP contribution < -0.4 is 4.74 Å². The van der Waals surface area contributed by atoms with E-state index in [1.54, 1.807) is 13.2 Å². The summed E-state index contributed by atoms with van der Waals surface area (Å²) in [5, 5.41) is 0. The van der Waals surface area contributed by atoms with Crippen LogP contribution in [0.2, 0.25) is 0 Å². The zero-order chi connectivity index (χ0) is 14.6. The number of halogens is 1. The Balaban J connectivity index is 1.97. The minimum absolute atomic E-state index is 0.266. The van der Waals surface area contributed by atoms with Gasteiger partial charge in [-0.3, -0.25) is 0 Å². The molecule has 0 aliphatic heterocycles. The van der Waals surface area contributed by atoms with E-state index in [1.165, 1.54) is 6.07 Å². The third-order valence-corrected chi connectivity index (χ3v) is 2.58. The molecule has 0 bridgehead atoms. The molecule has 0 saturated carbocycles. The average molecular weight is 286 g/mol. The van der Waals surface area contributed by atoms with Crippen molar-refractivity contribution in [2.45, 2.75) is 13.3 Å². The summed E-state index contributed by atoms with van der Waals surface area (Å²) >= 11 is 0. The normalized spacial score (nSPS) is 10.8. The number of hydrogen-bond donors (Lipinski definition) is 0. The van der Waals surface area contributed by atoms with Crippen molar-refractivity contribution in [3.8, 4) is 5.75 Å². The zero-order valence-corrected chi connectivity index (χ0v) is 12.2. The highest BCUT2D eigenvalue weighted by Gasteiger charge is 2.02. The van der Waals surface area contributed by atoms with Gasteiger partial charge in [0, 0.05) is 20.3 Å². The SMILES string of the molecule is COCCOCCCOCCOc1ccc(C)cc1F. The third kappa shape index (κ3) is 7.43. The summed E-state index contributed by atoms with van der Waals surface area (Å²) in [4.78, 5) is 0. The molecule has 0 amide bonds. The molecule has 0 unspecified atom stereocenters. The first-order chi connectivity index (χ1) is 9.74. The minimum atomic E-state index is -0.337. The Kier molecular flexibility index (Phi) is 8.95. The molecule has 5 heteroatoms. The van der Waals surface area contributed by atoms with Crippen LogP contribution in [0.25, 0.3) is 0 Å². The Hall–Kier alpha value is -1.17. The molecule has 0 fully saturated rings. The molecule has 0 atom stereocenters. The van der Waals surface area contributed by atoms with Gasteiger partial charge in [0.25, 0.3) is 0 Å². The van der Waals surface area contributed by atoms with E-state index in [1.807, 2.05) is 13.0 Å². The highest BCUT2D eigenvalue weighted by Crippen LogP contribution is 2.17. The molecule has 1 aromatic carbocycles. The quantitative estimate of drug-likeness (QED) is 0.586. The Morgan fingerprint density at radius 3 is 2.30 bits per heavy atom. The number of benzene rings is 1. The number of rotatable bonds is 11. The van der Waals surface area contributed by atoms with Crippen LogP contribution in [0, 0.1) is 12.7 Å².